The number of aromatic nitrogens is 2. The van der Waals surface area contributed by atoms with Gasteiger partial charge in [0.05, 0.1) is 18.1 Å². The SMILES string of the molecule is CC(C)(C)OC(=O)N1C[C@@H]2CN(Cc3cnc(Cl)cn3)C[C@]2(C)C1. The third kappa shape index (κ3) is 3.81. The first-order valence-corrected chi connectivity index (χ1v) is 8.69. The minimum Gasteiger partial charge on any atom is -0.444 e. The van der Waals surface area contributed by atoms with Crippen LogP contribution in [0.25, 0.3) is 0 Å². The van der Waals surface area contributed by atoms with Gasteiger partial charge in [0, 0.05) is 38.1 Å². The van der Waals surface area contributed by atoms with Gasteiger partial charge in [0.15, 0.2) is 0 Å². The summed E-state index contributed by atoms with van der Waals surface area (Å²) in [6, 6.07) is 0. The second kappa shape index (κ2) is 6.15. The summed E-state index contributed by atoms with van der Waals surface area (Å²) in [7, 11) is 0. The molecule has 2 fully saturated rings. The van der Waals surface area contributed by atoms with Crippen LogP contribution < -0.4 is 0 Å². The fourth-order valence-corrected chi connectivity index (χ4v) is 3.79. The van der Waals surface area contributed by atoms with Crippen molar-refractivity contribution in [2.75, 3.05) is 26.2 Å². The third-order valence-corrected chi connectivity index (χ3v) is 4.95. The molecule has 2 saturated heterocycles. The van der Waals surface area contributed by atoms with E-state index in [1.165, 1.54) is 0 Å². The zero-order valence-corrected chi connectivity index (χ0v) is 15.5. The zero-order chi connectivity index (χ0) is 17.5. The molecule has 0 saturated carbocycles. The number of likely N-dealkylation sites (tertiary alicyclic amines) is 2. The highest BCUT2D eigenvalue weighted by Crippen LogP contribution is 2.42. The number of fused-ring (bicyclic) bond motifs is 1. The molecule has 0 unspecified atom stereocenters. The Morgan fingerprint density at radius 1 is 1.33 bits per heavy atom. The average Bonchev–Trinajstić information content (AvgIpc) is 2.91. The maximum Gasteiger partial charge on any atom is 0.410 e. The van der Waals surface area contributed by atoms with Crippen LogP contribution in [0.3, 0.4) is 0 Å². The van der Waals surface area contributed by atoms with Gasteiger partial charge >= 0.3 is 6.09 Å². The summed E-state index contributed by atoms with van der Waals surface area (Å²) >= 11 is 5.78. The van der Waals surface area contributed by atoms with E-state index in [-0.39, 0.29) is 11.5 Å². The van der Waals surface area contributed by atoms with Gasteiger partial charge in [0.2, 0.25) is 0 Å². The second-order valence-corrected chi connectivity index (χ2v) is 8.60. The van der Waals surface area contributed by atoms with Crippen LogP contribution in [-0.4, -0.2) is 57.6 Å². The Labute approximate surface area is 148 Å². The molecule has 2 aliphatic rings. The van der Waals surface area contributed by atoms with E-state index in [1.807, 2.05) is 25.7 Å². The van der Waals surface area contributed by atoms with E-state index in [2.05, 4.69) is 21.8 Å². The van der Waals surface area contributed by atoms with Gasteiger partial charge in [0.1, 0.15) is 10.8 Å². The maximum atomic E-state index is 12.3. The number of carbonyl (C=O) groups excluding carboxylic acids is 1. The standard InChI is InChI=1S/C17H25ClN4O2/c1-16(2,3)24-15(23)22-8-12-7-21(10-17(12,4)11-22)9-13-5-20-14(18)6-19-13/h5-6,12H,7-11H2,1-4H3/t12-,17+/m0/s1. The summed E-state index contributed by atoms with van der Waals surface area (Å²) in [6.45, 7) is 12.1. The largest absolute Gasteiger partial charge is 0.444 e. The highest BCUT2D eigenvalue weighted by Gasteiger charge is 2.50. The van der Waals surface area contributed by atoms with Gasteiger partial charge in [-0.1, -0.05) is 18.5 Å². The normalized spacial score (nSPS) is 27.4. The summed E-state index contributed by atoms with van der Waals surface area (Å²) < 4.78 is 5.51. The van der Waals surface area contributed by atoms with Gasteiger partial charge < -0.3 is 9.64 Å². The number of carbonyl (C=O) groups is 1. The third-order valence-electron chi connectivity index (χ3n) is 4.75. The van der Waals surface area contributed by atoms with E-state index in [4.69, 9.17) is 16.3 Å². The Hall–Kier alpha value is -1.40. The molecule has 0 aromatic carbocycles. The molecule has 2 atom stereocenters. The summed E-state index contributed by atoms with van der Waals surface area (Å²) in [6.07, 6.45) is 3.11. The van der Waals surface area contributed by atoms with E-state index in [0.717, 1.165) is 38.4 Å². The number of ether oxygens (including phenoxy) is 1. The van der Waals surface area contributed by atoms with Crippen molar-refractivity contribution in [1.29, 1.82) is 0 Å². The lowest BCUT2D eigenvalue weighted by molar-refractivity contribution is 0.0262. The van der Waals surface area contributed by atoms with Crippen molar-refractivity contribution in [2.45, 2.75) is 39.8 Å². The zero-order valence-electron chi connectivity index (χ0n) is 14.8. The van der Waals surface area contributed by atoms with Crippen molar-refractivity contribution in [3.05, 3.63) is 23.2 Å². The van der Waals surface area contributed by atoms with Gasteiger partial charge in [-0.15, -0.1) is 0 Å². The molecule has 2 aliphatic heterocycles. The predicted octanol–water partition coefficient (Wildman–Crippen LogP) is 2.82. The van der Waals surface area contributed by atoms with Crippen LogP contribution in [0.4, 0.5) is 4.79 Å². The van der Waals surface area contributed by atoms with Crippen LogP contribution in [-0.2, 0) is 11.3 Å². The molecule has 1 aromatic rings. The summed E-state index contributed by atoms with van der Waals surface area (Å²) in [5, 5.41) is 0.414. The van der Waals surface area contributed by atoms with Crippen molar-refractivity contribution in [2.24, 2.45) is 11.3 Å². The monoisotopic (exact) mass is 352 g/mol. The highest BCUT2D eigenvalue weighted by atomic mass is 35.5. The minimum absolute atomic E-state index is 0.108. The first-order valence-electron chi connectivity index (χ1n) is 8.31. The number of hydrogen-bond donors (Lipinski definition) is 0. The molecule has 0 aliphatic carbocycles. The van der Waals surface area contributed by atoms with Crippen molar-refractivity contribution >= 4 is 17.7 Å². The Balaban J connectivity index is 1.58. The van der Waals surface area contributed by atoms with Crippen molar-refractivity contribution < 1.29 is 9.53 Å². The first kappa shape index (κ1) is 17.4. The van der Waals surface area contributed by atoms with Crippen molar-refractivity contribution in [1.82, 2.24) is 19.8 Å². The molecule has 0 radical (unpaired) electrons. The minimum atomic E-state index is -0.449. The van der Waals surface area contributed by atoms with Gasteiger partial charge in [-0.05, 0) is 26.7 Å². The van der Waals surface area contributed by atoms with E-state index in [9.17, 15) is 4.79 Å². The maximum absolute atomic E-state index is 12.3. The molecule has 1 aromatic heterocycles. The Kier molecular flexibility index (Phi) is 4.47. The molecule has 0 bridgehead atoms. The van der Waals surface area contributed by atoms with E-state index in [1.54, 1.807) is 12.4 Å². The quantitative estimate of drug-likeness (QED) is 0.819. The van der Waals surface area contributed by atoms with Crippen LogP contribution in [0.1, 0.15) is 33.4 Å². The summed E-state index contributed by atoms with van der Waals surface area (Å²) in [4.78, 5) is 24.9. The second-order valence-electron chi connectivity index (χ2n) is 8.21. The molecule has 7 heteroatoms. The number of rotatable bonds is 2. The van der Waals surface area contributed by atoms with E-state index in [0.29, 0.717) is 11.1 Å². The fourth-order valence-electron chi connectivity index (χ4n) is 3.70. The Morgan fingerprint density at radius 2 is 2.08 bits per heavy atom. The van der Waals surface area contributed by atoms with Crippen LogP contribution in [0.5, 0.6) is 0 Å². The molecule has 1 amide bonds. The summed E-state index contributed by atoms with van der Waals surface area (Å²) in [5.74, 6) is 0.463. The summed E-state index contributed by atoms with van der Waals surface area (Å²) in [5.41, 5.74) is 0.582. The van der Waals surface area contributed by atoms with Crippen LogP contribution in [0, 0.1) is 11.3 Å². The van der Waals surface area contributed by atoms with Gasteiger partial charge in [-0.25, -0.2) is 9.78 Å². The lowest BCUT2D eigenvalue weighted by Gasteiger charge is -2.27. The smallest absolute Gasteiger partial charge is 0.410 e. The van der Waals surface area contributed by atoms with Gasteiger partial charge in [-0.2, -0.15) is 0 Å². The molecular weight excluding hydrogens is 328 g/mol. The van der Waals surface area contributed by atoms with E-state index >= 15 is 0 Å². The number of nitrogens with zero attached hydrogens (tertiary/aromatic N) is 4. The van der Waals surface area contributed by atoms with Crippen LogP contribution >= 0.6 is 11.6 Å². The molecule has 3 heterocycles. The Morgan fingerprint density at radius 3 is 2.67 bits per heavy atom. The number of hydrogen-bond acceptors (Lipinski definition) is 5. The van der Waals surface area contributed by atoms with Crippen LogP contribution in [0.2, 0.25) is 5.15 Å². The lowest BCUT2D eigenvalue weighted by atomic mass is 9.83. The Bertz CT molecular complexity index is 616. The van der Waals surface area contributed by atoms with Gasteiger partial charge in [0.25, 0.3) is 0 Å². The van der Waals surface area contributed by atoms with Crippen molar-refractivity contribution in [3.63, 3.8) is 0 Å². The molecule has 3 rings (SSSR count). The van der Waals surface area contributed by atoms with E-state index < -0.39 is 5.60 Å². The first-order chi connectivity index (χ1) is 11.1. The molecular formula is C17H25ClN4O2. The molecule has 132 valence electrons. The van der Waals surface area contributed by atoms with Crippen molar-refractivity contribution in [3.8, 4) is 0 Å². The average molecular weight is 353 g/mol. The predicted molar refractivity (Wildman–Crippen MR) is 91.7 cm³/mol. The highest BCUT2D eigenvalue weighted by molar-refractivity contribution is 6.29. The molecule has 0 N–H and O–H groups in total. The molecule has 24 heavy (non-hydrogen) atoms. The number of halogens is 1. The fraction of sp³-hybridized carbons (Fsp3) is 0.706. The van der Waals surface area contributed by atoms with Crippen LogP contribution in [0.15, 0.2) is 12.4 Å². The van der Waals surface area contributed by atoms with Gasteiger partial charge in [-0.3, -0.25) is 9.88 Å². The topological polar surface area (TPSA) is 58.6 Å². The number of amides is 1. The molecule has 6 nitrogen and oxygen atoms in total. The lowest BCUT2D eigenvalue weighted by Crippen LogP contribution is -2.38. The molecule has 0 spiro atoms.